The summed E-state index contributed by atoms with van der Waals surface area (Å²) in [6.45, 7) is 2.06. The molecule has 0 aliphatic rings. The molecular formula is C19H25N3O2S. The van der Waals surface area contributed by atoms with Gasteiger partial charge in [0.05, 0.1) is 13.2 Å². The van der Waals surface area contributed by atoms with Crippen LogP contribution in [0.5, 0.6) is 5.88 Å². The van der Waals surface area contributed by atoms with Crippen molar-refractivity contribution in [1.29, 1.82) is 0 Å². The number of pyridine rings is 1. The Balaban J connectivity index is 1.82. The highest BCUT2D eigenvalue weighted by Crippen LogP contribution is 2.18. The Bertz CT molecular complexity index is 649. The number of methoxy groups -OCH3 is 1. The fraction of sp³-hybridized carbons (Fsp3) is 0.368. The molecule has 2 atom stereocenters. The molecule has 0 saturated carbocycles. The molecule has 2 aromatic rings. The Kier molecular flexibility index (Phi) is 7.76. The number of thioether (sulfide) groups is 1. The van der Waals surface area contributed by atoms with Gasteiger partial charge in [-0.2, -0.15) is 0 Å². The average molecular weight is 359 g/mol. The van der Waals surface area contributed by atoms with Gasteiger partial charge in [-0.25, -0.2) is 4.98 Å². The van der Waals surface area contributed by atoms with Crippen LogP contribution in [0.4, 0.5) is 0 Å². The molecule has 6 heteroatoms. The van der Waals surface area contributed by atoms with Crippen molar-refractivity contribution in [2.45, 2.75) is 36.7 Å². The predicted molar refractivity (Wildman–Crippen MR) is 102 cm³/mol. The lowest BCUT2D eigenvalue weighted by Gasteiger charge is -2.19. The number of aromatic nitrogens is 1. The van der Waals surface area contributed by atoms with Crippen LogP contribution >= 0.6 is 11.8 Å². The van der Waals surface area contributed by atoms with E-state index in [9.17, 15) is 4.79 Å². The third kappa shape index (κ3) is 6.40. The summed E-state index contributed by atoms with van der Waals surface area (Å²) in [4.78, 5) is 17.7. The highest BCUT2D eigenvalue weighted by atomic mass is 32.2. The lowest BCUT2D eigenvalue weighted by molar-refractivity contribution is -0.122. The van der Waals surface area contributed by atoms with Gasteiger partial charge in [-0.1, -0.05) is 31.2 Å². The maximum atomic E-state index is 12.4. The van der Waals surface area contributed by atoms with Crippen LogP contribution in [0.1, 0.15) is 18.9 Å². The predicted octanol–water partition coefficient (Wildman–Crippen LogP) is 2.65. The molecule has 5 nitrogen and oxygen atoms in total. The van der Waals surface area contributed by atoms with Crippen molar-refractivity contribution >= 4 is 17.7 Å². The third-order valence-corrected chi connectivity index (χ3v) is 5.01. The van der Waals surface area contributed by atoms with Crippen LogP contribution in [-0.2, 0) is 11.2 Å². The molecule has 0 radical (unpaired) electrons. The van der Waals surface area contributed by atoms with E-state index in [1.807, 2.05) is 24.3 Å². The molecule has 1 aromatic heterocycles. The van der Waals surface area contributed by atoms with E-state index < -0.39 is 6.04 Å². The summed E-state index contributed by atoms with van der Waals surface area (Å²) in [7, 11) is 1.57. The summed E-state index contributed by atoms with van der Waals surface area (Å²) in [6.07, 6.45) is 3.00. The maximum absolute atomic E-state index is 12.4. The van der Waals surface area contributed by atoms with Gasteiger partial charge in [0.2, 0.25) is 11.8 Å². The maximum Gasteiger partial charge on any atom is 0.237 e. The second kappa shape index (κ2) is 10.1. The molecule has 1 aromatic carbocycles. The van der Waals surface area contributed by atoms with Crippen LogP contribution in [0.25, 0.3) is 0 Å². The summed E-state index contributed by atoms with van der Waals surface area (Å²) < 4.78 is 5.03. The number of hydrogen-bond donors (Lipinski definition) is 2. The van der Waals surface area contributed by atoms with Gasteiger partial charge < -0.3 is 15.8 Å². The Hall–Kier alpha value is -2.05. The van der Waals surface area contributed by atoms with Crippen molar-refractivity contribution in [2.75, 3.05) is 12.9 Å². The number of hydrogen-bond acceptors (Lipinski definition) is 5. The SMILES string of the molecule is CCC(CSc1ccccc1)NC(=O)[C@@H](N)Cc1ccc(OC)nc1. The smallest absolute Gasteiger partial charge is 0.237 e. The summed E-state index contributed by atoms with van der Waals surface area (Å²) >= 11 is 1.74. The van der Waals surface area contributed by atoms with Crippen LogP contribution in [0, 0.1) is 0 Å². The molecule has 2 rings (SSSR count). The van der Waals surface area contributed by atoms with Gasteiger partial charge in [0, 0.05) is 29.0 Å². The lowest BCUT2D eigenvalue weighted by Crippen LogP contribution is -2.47. The summed E-state index contributed by atoms with van der Waals surface area (Å²) in [6, 6.07) is 13.3. The van der Waals surface area contributed by atoms with Gasteiger partial charge in [-0.05, 0) is 30.5 Å². The molecule has 0 aliphatic carbocycles. The number of rotatable bonds is 9. The minimum atomic E-state index is -0.592. The van der Waals surface area contributed by atoms with Gasteiger partial charge in [-0.15, -0.1) is 11.8 Å². The Morgan fingerprint density at radius 2 is 2.04 bits per heavy atom. The third-order valence-electron chi connectivity index (χ3n) is 3.83. The van der Waals surface area contributed by atoms with Gasteiger partial charge in [0.15, 0.2) is 0 Å². The van der Waals surface area contributed by atoms with E-state index in [2.05, 4.69) is 29.4 Å². The molecular weight excluding hydrogens is 334 g/mol. The van der Waals surface area contributed by atoms with Crippen LogP contribution in [0.3, 0.4) is 0 Å². The fourth-order valence-electron chi connectivity index (χ4n) is 2.28. The molecule has 0 saturated heterocycles. The second-order valence-electron chi connectivity index (χ2n) is 5.76. The quantitative estimate of drug-likeness (QED) is 0.673. The summed E-state index contributed by atoms with van der Waals surface area (Å²) in [5.41, 5.74) is 6.96. The molecule has 0 bridgehead atoms. The Morgan fingerprint density at radius 3 is 2.64 bits per heavy atom. The molecule has 1 unspecified atom stereocenters. The summed E-state index contributed by atoms with van der Waals surface area (Å²) in [5.74, 6) is 1.24. The summed E-state index contributed by atoms with van der Waals surface area (Å²) in [5, 5.41) is 3.05. The van der Waals surface area contributed by atoms with E-state index in [-0.39, 0.29) is 11.9 Å². The van der Waals surface area contributed by atoms with Crippen LogP contribution < -0.4 is 15.8 Å². The minimum Gasteiger partial charge on any atom is -0.481 e. The number of ether oxygens (including phenoxy) is 1. The molecule has 0 spiro atoms. The lowest BCUT2D eigenvalue weighted by atomic mass is 10.1. The number of benzene rings is 1. The highest BCUT2D eigenvalue weighted by molar-refractivity contribution is 7.99. The van der Waals surface area contributed by atoms with Gasteiger partial charge in [-0.3, -0.25) is 4.79 Å². The first kappa shape index (κ1) is 19.3. The van der Waals surface area contributed by atoms with Crippen molar-refractivity contribution in [2.24, 2.45) is 5.73 Å². The van der Waals surface area contributed by atoms with E-state index >= 15 is 0 Å². The monoisotopic (exact) mass is 359 g/mol. The highest BCUT2D eigenvalue weighted by Gasteiger charge is 2.18. The molecule has 0 fully saturated rings. The zero-order valence-electron chi connectivity index (χ0n) is 14.6. The Labute approximate surface area is 153 Å². The number of carbonyl (C=O) groups excluding carboxylic acids is 1. The first-order valence-electron chi connectivity index (χ1n) is 8.35. The molecule has 1 heterocycles. The molecule has 134 valence electrons. The Morgan fingerprint density at radius 1 is 1.28 bits per heavy atom. The van der Waals surface area contributed by atoms with Crippen molar-refractivity contribution in [3.8, 4) is 5.88 Å². The van der Waals surface area contributed by atoms with Gasteiger partial charge in [0.25, 0.3) is 0 Å². The zero-order chi connectivity index (χ0) is 18.1. The largest absolute Gasteiger partial charge is 0.481 e. The minimum absolute atomic E-state index is 0.0951. The van der Waals surface area contributed by atoms with Crippen LogP contribution in [-0.4, -0.2) is 35.8 Å². The number of nitrogens with one attached hydrogen (secondary N) is 1. The standard InChI is InChI=1S/C19H25N3O2S/c1-3-15(13-25-16-7-5-4-6-8-16)22-19(23)17(20)11-14-9-10-18(24-2)21-12-14/h4-10,12,15,17H,3,11,13,20H2,1-2H3,(H,22,23)/t15?,17-/m0/s1. The van der Waals surface area contributed by atoms with Gasteiger partial charge in [0.1, 0.15) is 0 Å². The van der Waals surface area contributed by atoms with E-state index in [0.717, 1.165) is 17.7 Å². The van der Waals surface area contributed by atoms with Crippen molar-refractivity contribution in [3.05, 3.63) is 54.2 Å². The fourth-order valence-corrected chi connectivity index (χ4v) is 3.34. The van der Waals surface area contributed by atoms with Gasteiger partial charge >= 0.3 is 0 Å². The average Bonchev–Trinajstić information content (AvgIpc) is 2.66. The number of nitrogens with zero attached hydrogens (tertiary/aromatic N) is 1. The first-order chi connectivity index (χ1) is 12.1. The molecule has 3 N–H and O–H groups in total. The van der Waals surface area contributed by atoms with Crippen molar-refractivity contribution in [3.63, 3.8) is 0 Å². The normalized spacial score (nSPS) is 13.1. The van der Waals surface area contributed by atoms with Crippen LogP contribution in [0.15, 0.2) is 53.6 Å². The van der Waals surface area contributed by atoms with Crippen molar-refractivity contribution in [1.82, 2.24) is 10.3 Å². The zero-order valence-corrected chi connectivity index (χ0v) is 15.5. The number of carbonyl (C=O) groups is 1. The molecule has 1 amide bonds. The number of amides is 1. The topological polar surface area (TPSA) is 77.2 Å². The van der Waals surface area contributed by atoms with E-state index in [0.29, 0.717) is 12.3 Å². The first-order valence-corrected chi connectivity index (χ1v) is 9.33. The van der Waals surface area contributed by atoms with E-state index in [1.54, 1.807) is 31.1 Å². The van der Waals surface area contributed by atoms with E-state index in [1.165, 1.54) is 4.90 Å². The number of nitrogens with two attached hydrogens (primary N) is 1. The van der Waals surface area contributed by atoms with Crippen molar-refractivity contribution < 1.29 is 9.53 Å². The molecule has 0 aliphatic heterocycles. The molecule has 25 heavy (non-hydrogen) atoms. The van der Waals surface area contributed by atoms with Crippen LogP contribution in [0.2, 0.25) is 0 Å². The van der Waals surface area contributed by atoms with E-state index in [4.69, 9.17) is 10.5 Å². The second-order valence-corrected chi connectivity index (χ2v) is 6.85.